The molecule has 0 aliphatic carbocycles. The first kappa shape index (κ1) is 13.4. The fraction of sp³-hybridized carbons (Fsp3) is 0.353. The first-order valence-electron chi connectivity index (χ1n) is 6.89. The molecule has 0 fully saturated rings. The molecule has 2 heteroatoms. The Bertz CT molecular complexity index is 570. The molecule has 19 heavy (non-hydrogen) atoms. The van der Waals surface area contributed by atoms with Gasteiger partial charge in [-0.15, -0.1) is 0 Å². The lowest BCUT2D eigenvalue weighted by molar-refractivity contribution is 0.736. The molecule has 1 heterocycles. The van der Waals surface area contributed by atoms with E-state index in [-0.39, 0.29) is 0 Å². The number of nitrogens with zero attached hydrogens (tertiary/aromatic N) is 2. The lowest BCUT2D eigenvalue weighted by atomic mass is 10.1. The minimum Gasteiger partial charge on any atom is -0.259 e. The smallest absolute Gasteiger partial charge is 0.111 e. The fourth-order valence-corrected chi connectivity index (χ4v) is 1.95. The molecule has 2 rings (SSSR count). The number of hydrogen-bond acceptors (Lipinski definition) is 1. The molecular formula is C17H20N2. The average molecular weight is 252 g/mol. The van der Waals surface area contributed by atoms with Crippen molar-refractivity contribution < 1.29 is 0 Å². The zero-order valence-corrected chi connectivity index (χ0v) is 11.7. The summed E-state index contributed by atoms with van der Waals surface area (Å²) in [5.41, 5.74) is 3.11. The van der Waals surface area contributed by atoms with Crippen LogP contribution in [0.3, 0.4) is 0 Å². The summed E-state index contributed by atoms with van der Waals surface area (Å²) in [6.45, 7) is 2.21. The molecule has 0 saturated heterocycles. The van der Waals surface area contributed by atoms with Crippen LogP contribution in [-0.2, 0) is 7.05 Å². The molecule has 2 nitrogen and oxygen atoms in total. The van der Waals surface area contributed by atoms with Gasteiger partial charge in [0.05, 0.1) is 5.69 Å². The van der Waals surface area contributed by atoms with Crippen LogP contribution in [0.4, 0.5) is 0 Å². The van der Waals surface area contributed by atoms with Gasteiger partial charge in [0.2, 0.25) is 0 Å². The van der Waals surface area contributed by atoms with Gasteiger partial charge in [-0.2, -0.15) is 5.10 Å². The van der Waals surface area contributed by atoms with Gasteiger partial charge in [-0.25, -0.2) is 0 Å². The Kier molecular flexibility index (Phi) is 4.80. The highest BCUT2D eigenvalue weighted by atomic mass is 15.3. The molecule has 0 radical (unpaired) electrons. The lowest BCUT2D eigenvalue weighted by Crippen LogP contribution is -1.93. The minimum atomic E-state index is 0.972. The van der Waals surface area contributed by atoms with Gasteiger partial charge in [0.1, 0.15) is 5.69 Å². The highest BCUT2D eigenvalue weighted by Gasteiger charge is 2.04. The Morgan fingerprint density at radius 1 is 1.16 bits per heavy atom. The molecule has 0 atom stereocenters. The maximum absolute atomic E-state index is 4.51. The third-order valence-corrected chi connectivity index (χ3v) is 3.07. The van der Waals surface area contributed by atoms with E-state index in [9.17, 15) is 0 Å². The number of aryl methyl sites for hydroxylation is 1. The third-order valence-electron chi connectivity index (χ3n) is 3.07. The van der Waals surface area contributed by atoms with Crippen LogP contribution >= 0.6 is 0 Å². The molecule has 0 bridgehead atoms. The van der Waals surface area contributed by atoms with Crippen LogP contribution in [0.15, 0.2) is 36.4 Å². The maximum atomic E-state index is 4.51. The van der Waals surface area contributed by atoms with E-state index in [1.165, 1.54) is 19.3 Å². The molecule has 98 valence electrons. The van der Waals surface area contributed by atoms with E-state index < -0.39 is 0 Å². The predicted molar refractivity (Wildman–Crippen MR) is 79.7 cm³/mol. The second-order valence-electron chi connectivity index (χ2n) is 4.66. The van der Waals surface area contributed by atoms with Crippen molar-refractivity contribution in [3.05, 3.63) is 42.1 Å². The second-order valence-corrected chi connectivity index (χ2v) is 4.66. The van der Waals surface area contributed by atoms with E-state index in [2.05, 4.69) is 42.1 Å². The van der Waals surface area contributed by atoms with Crippen molar-refractivity contribution in [2.75, 3.05) is 0 Å². The van der Waals surface area contributed by atoms with Crippen molar-refractivity contribution in [2.24, 2.45) is 7.05 Å². The van der Waals surface area contributed by atoms with Gasteiger partial charge in [0.15, 0.2) is 0 Å². The number of benzene rings is 1. The molecular weight excluding hydrogens is 232 g/mol. The Morgan fingerprint density at radius 3 is 2.68 bits per heavy atom. The van der Waals surface area contributed by atoms with Crippen molar-refractivity contribution in [3.63, 3.8) is 0 Å². The normalized spacial score (nSPS) is 10.0. The molecule has 0 saturated carbocycles. The topological polar surface area (TPSA) is 17.8 Å². The van der Waals surface area contributed by atoms with Crippen LogP contribution in [0.2, 0.25) is 0 Å². The SMILES string of the molecule is CCCCCC#Cc1cc(-c2ccccc2)nn1C. The highest BCUT2D eigenvalue weighted by molar-refractivity contribution is 5.60. The van der Waals surface area contributed by atoms with Crippen LogP contribution in [0.1, 0.15) is 38.3 Å². The Morgan fingerprint density at radius 2 is 1.95 bits per heavy atom. The zero-order chi connectivity index (χ0) is 13.5. The van der Waals surface area contributed by atoms with Crippen LogP contribution in [-0.4, -0.2) is 9.78 Å². The number of aromatic nitrogens is 2. The van der Waals surface area contributed by atoms with E-state index in [1.54, 1.807) is 0 Å². The number of rotatable bonds is 4. The van der Waals surface area contributed by atoms with E-state index in [4.69, 9.17) is 0 Å². The summed E-state index contributed by atoms with van der Waals surface area (Å²) in [5, 5.41) is 4.51. The second kappa shape index (κ2) is 6.80. The molecule has 0 aliphatic rings. The maximum Gasteiger partial charge on any atom is 0.111 e. The monoisotopic (exact) mass is 252 g/mol. The molecule has 0 amide bonds. The van der Waals surface area contributed by atoms with Gasteiger partial charge >= 0.3 is 0 Å². The molecule has 1 aromatic heterocycles. The van der Waals surface area contributed by atoms with Crippen molar-refractivity contribution in [3.8, 4) is 23.1 Å². The highest BCUT2D eigenvalue weighted by Crippen LogP contribution is 2.17. The Labute approximate surface area is 115 Å². The summed E-state index contributed by atoms with van der Waals surface area (Å²) < 4.78 is 1.86. The van der Waals surface area contributed by atoms with Crippen molar-refractivity contribution in [2.45, 2.75) is 32.6 Å². The van der Waals surface area contributed by atoms with Gasteiger partial charge in [0.25, 0.3) is 0 Å². The molecule has 0 aliphatic heterocycles. The van der Waals surface area contributed by atoms with Gasteiger partial charge in [-0.3, -0.25) is 4.68 Å². The first-order chi connectivity index (χ1) is 9.31. The van der Waals surface area contributed by atoms with Crippen molar-refractivity contribution >= 4 is 0 Å². The van der Waals surface area contributed by atoms with E-state index in [0.29, 0.717) is 0 Å². The Balaban J connectivity index is 2.09. The van der Waals surface area contributed by atoms with Gasteiger partial charge in [0, 0.05) is 25.1 Å². The van der Waals surface area contributed by atoms with Gasteiger partial charge in [-0.1, -0.05) is 56.0 Å². The molecule has 1 aromatic carbocycles. The van der Waals surface area contributed by atoms with Crippen LogP contribution in [0.25, 0.3) is 11.3 Å². The van der Waals surface area contributed by atoms with Crippen LogP contribution in [0, 0.1) is 11.8 Å². The van der Waals surface area contributed by atoms with Crippen LogP contribution in [0.5, 0.6) is 0 Å². The van der Waals surface area contributed by atoms with Gasteiger partial charge < -0.3 is 0 Å². The fourth-order valence-electron chi connectivity index (χ4n) is 1.95. The van der Waals surface area contributed by atoms with Gasteiger partial charge in [-0.05, 0) is 12.3 Å². The molecule has 0 spiro atoms. The summed E-state index contributed by atoms with van der Waals surface area (Å²) in [5.74, 6) is 6.44. The minimum absolute atomic E-state index is 0.972. The summed E-state index contributed by atoms with van der Waals surface area (Å²) in [7, 11) is 1.95. The molecule has 0 unspecified atom stereocenters. The summed E-state index contributed by atoms with van der Waals surface area (Å²) in [6, 6.07) is 12.3. The standard InChI is InChI=1S/C17H20N2/c1-3-4-5-6-10-13-16-14-17(18-19(16)2)15-11-8-7-9-12-15/h7-9,11-12,14H,3-6H2,1-2H3. The third kappa shape index (κ3) is 3.72. The van der Waals surface area contributed by atoms with E-state index in [0.717, 1.165) is 23.4 Å². The predicted octanol–water partition coefficient (Wildman–Crippen LogP) is 4.02. The average Bonchev–Trinajstić information content (AvgIpc) is 2.81. The van der Waals surface area contributed by atoms with Crippen molar-refractivity contribution in [1.29, 1.82) is 0 Å². The first-order valence-corrected chi connectivity index (χ1v) is 6.89. The summed E-state index contributed by atoms with van der Waals surface area (Å²) >= 11 is 0. The summed E-state index contributed by atoms with van der Waals surface area (Å²) in [4.78, 5) is 0. The number of unbranched alkanes of at least 4 members (excludes halogenated alkanes) is 3. The molecule has 0 N–H and O–H groups in total. The van der Waals surface area contributed by atoms with Crippen LogP contribution < -0.4 is 0 Å². The van der Waals surface area contributed by atoms with E-state index in [1.807, 2.05) is 29.9 Å². The van der Waals surface area contributed by atoms with E-state index >= 15 is 0 Å². The molecule has 2 aromatic rings. The largest absolute Gasteiger partial charge is 0.259 e. The quantitative estimate of drug-likeness (QED) is 0.593. The van der Waals surface area contributed by atoms with Crippen molar-refractivity contribution in [1.82, 2.24) is 9.78 Å². The zero-order valence-electron chi connectivity index (χ0n) is 11.7. The summed E-state index contributed by atoms with van der Waals surface area (Å²) in [6.07, 6.45) is 4.66. The number of hydrogen-bond donors (Lipinski definition) is 0. The Hall–Kier alpha value is -2.01. The lowest BCUT2D eigenvalue weighted by Gasteiger charge is -1.93.